The maximum atomic E-state index is 10.6. The van der Waals surface area contributed by atoms with Crippen LogP contribution in [0, 0.1) is 10.1 Å². The average Bonchev–Trinajstić information content (AvgIpc) is 2.15. The molecule has 1 heterocycles. The van der Waals surface area contributed by atoms with E-state index in [0.717, 1.165) is 12.2 Å². The van der Waals surface area contributed by atoms with Crippen LogP contribution in [0.2, 0.25) is 0 Å². The Morgan fingerprint density at radius 2 is 2.27 bits per heavy atom. The van der Waals surface area contributed by atoms with E-state index >= 15 is 0 Å². The van der Waals surface area contributed by atoms with Gasteiger partial charge in [-0.15, -0.1) is 0 Å². The lowest BCUT2D eigenvalue weighted by Gasteiger charge is -1.96. The van der Waals surface area contributed by atoms with Crippen molar-refractivity contribution in [2.45, 2.75) is 0 Å². The van der Waals surface area contributed by atoms with Crippen molar-refractivity contribution in [1.82, 2.24) is 4.98 Å². The van der Waals surface area contributed by atoms with Crippen LogP contribution in [0.25, 0.3) is 6.08 Å². The van der Waals surface area contributed by atoms with Gasteiger partial charge in [-0.3, -0.25) is 0 Å². The van der Waals surface area contributed by atoms with Crippen LogP contribution in [0.5, 0.6) is 0 Å². The molecule has 78 valence electrons. The van der Waals surface area contributed by atoms with Crippen molar-refractivity contribution < 1.29 is 14.8 Å². The molecule has 0 amide bonds. The van der Waals surface area contributed by atoms with Crippen molar-refractivity contribution in [3.05, 3.63) is 38.5 Å². The van der Waals surface area contributed by atoms with Crippen molar-refractivity contribution in [1.29, 1.82) is 0 Å². The van der Waals surface area contributed by atoms with E-state index in [4.69, 9.17) is 5.11 Å². The van der Waals surface area contributed by atoms with E-state index in [-0.39, 0.29) is 11.4 Å². The number of aliphatic carboxylic acids is 1. The number of nitro groups is 1. The Balaban J connectivity index is 3.17. The normalized spacial score (nSPS) is 10.5. The highest BCUT2D eigenvalue weighted by Gasteiger charge is 2.14. The second-order valence-corrected chi connectivity index (χ2v) is 3.29. The zero-order valence-electron chi connectivity index (χ0n) is 7.25. The molecule has 0 saturated carbocycles. The molecule has 0 aliphatic carbocycles. The smallest absolute Gasteiger partial charge is 0.371 e. The molecule has 0 unspecified atom stereocenters. The van der Waals surface area contributed by atoms with Gasteiger partial charge in [0, 0.05) is 22.0 Å². The summed E-state index contributed by atoms with van der Waals surface area (Å²) in [6.07, 6.45) is 1.94. The maximum Gasteiger partial charge on any atom is 0.371 e. The highest BCUT2D eigenvalue weighted by molar-refractivity contribution is 9.10. The molecule has 0 bridgehead atoms. The fourth-order valence-corrected chi connectivity index (χ4v) is 1.17. The van der Waals surface area contributed by atoms with Crippen molar-refractivity contribution in [3.8, 4) is 0 Å². The molecular formula is C8H5BrN2O4. The molecule has 6 nitrogen and oxygen atoms in total. The lowest BCUT2D eigenvalue weighted by molar-refractivity contribution is -0.389. The van der Waals surface area contributed by atoms with E-state index in [0.29, 0.717) is 4.60 Å². The molecule has 1 aromatic heterocycles. The number of halogens is 1. The van der Waals surface area contributed by atoms with Crippen LogP contribution in [-0.2, 0) is 4.79 Å². The second-order valence-electron chi connectivity index (χ2n) is 2.48. The summed E-state index contributed by atoms with van der Waals surface area (Å²) in [5.74, 6) is -1.56. The molecule has 1 aromatic rings. The van der Waals surface area contributed by atoms with Gasteiger partial charge >= 0.3 is 11.8 Å². The summed E-state index contributed by atoms with van der Waals surface area (Å²) < 4.78 is 0.321. The summed E-state index contributed by atoms with van der Waals surface area (Å²) in [5, 5.41) is 18.9. The van der Waals surface area contributed by atoms with Crippen molar-refractivity contribution in [2.75, 3.05) is 0 Å². The van der Waals surface area contributed by atoms with Gasteiger partial charge in [0.2, 0.25) is 4.60 Å². The Morgan fingerprint density at radius 3 is 2.80 bits per heavy atom. The SMILES string of the molecule is O=C(O)/C=C/c1ccc(Br)nc1[N+](=O)[O-]. The van der Waals surface area contributed by atoms with E-state index in [9.17, 15) is 14.9 Å². The van der Waals surface area contributed by atoms with Gasteiger partial charge in [0.15, 0.2) is 0 Å². The summed E-state index contributed by atoms with van der Waals surface area (Å²) in [6.45, 7) is 0. The molecule has 0 radical (unpaired) electrons. The summed E-state index contributed by atoms with van der Waals surface area (Å²) in [5.41, 5.74) is 0.144. The first-order chi connectivity index (χ1) is 7.00. The predicted molar refractivity (Wildman–Crippen MR) is 55.3 cm³/mol. The Hall–Kier alpha value is -1.76. The average molecular weight is 273 g/mol. The van der Waals surface area contributed by atoms with Crippen molar-refractivity contribution in [2.24, 2.45) is 0 Å². The van der Waals surface area contributed by atoms with Crippen LogP contribution in [0.3, 0.4) is 0 Å². The fraction of sp³-hybridized carbons (Fsp3) is 0. The zero-order valence-corrected chi connectivity index (χ0v) is 8.84. The van der Waals surface area contributed by atoms with Crippen LogP contribution >= 0.6 is 15.9 Å². The first kappa shape index (κ1) is 11.3. The Bertz CT molecular complexity index is 444. The molecule has 1 rings (SSSR count). The minimum Gasteiger partial charge on any atom is -0.478 e. The number of pyridine rings is 1. The van der Waals surface area contributed by atoms with Gasteiger partial charge in [0.1, 0.15) is 0 Å². The quantitative estimate of drug-likeness (QED) is 0.392. The molecule has 0 aliphatic rings. The second kappa shape index (κ2) is 4.65. The predicted octanol–water partition coefficient (Wildman–Crippen LogP) is 1.85. The Kier molecular flexibility index (Phi) is 3.51. The van der Waals surface area contributed by atoms with Gasteiger partial charge in [-0.1, -0.05) is 0 Å². The Morgan fingerprint density at radius 1 is 1.60 bits per heavy atom. The number of carbonyl (C=O) groups is 1. The molecule has 15 heavy (non-hydrogen) atoms. The van der Waals surface area contributed by atoms with Crippen molar-refractivity contribution in [3.63, 3.8) is 0 Å². The van der Waals surface area contributed by atoms with Gasteiger partial charge in [-0.2, -0.15) is 0 Å². The van der Waals surface area contributed by atoms with E-state index < -0.39 is 10.9 Å². The van der Waals surface area contributed by atoms with Crippen LogP contribution in [-0.4, -0.2) is 21.0 Å². The van der Waals surface area contributed by atoms with Gasteiger partial charge in [0.05, 0.1) is 5.56 Å². The van der Waals surface area contributed by atoms with E-state index in [2.05, 4.69) is 20.9 Å². The number of aromatic nitrogens is 1. The monoisotopic (exact) mass is 272 g/mol. The molecule has 0 aromatic carbocycles. The fourth-order valence-electron chi connectivity index (χ4n) is 0.873. The number of nitrogens with zero attached hydrogens (tertiary/aromatic N) is 2. The van der Waals surface area contributed by atoms with Crippen LogP contribution in [0.15, 0.2) is 22.8 Å². The third-order valence-electron chi connectivity index (χ3n) is 1.45. The lowest BCUT2D eigenvalue weighted by atomic mass is 10.2. The molecule has 7 heteroatoms. The molecular weight excluding hydrogens is 268 g/mol. The number of hydrogen-bond acceptors (Lipinski definition) is 4. The lowest BCUT2D eigenvalue weighted by Crippen LogP contribution is -1.96. The topological polar surface area (TPSA) is 93.3 Å². The summed E-state index contributed by atoms with van der Waals surface area (Å²) in [6, 6.07) is 2.91. The third kappa shape index (κ3) is 3.13. The highest BCUT2D eigenvalue weighted by atomic mass is 79.9. The number of hydrogen-bond donors (Lipinski definition) is 1. The van der Waals surface area contributed by atoms with E-state index in [1.165, 1.54) is 12.1 Å². The van der Waals surface area contributed by atoms with Gasteiger partial charge in [0.25, 0.3) is 0 Å². The van der Waals surface area contributed by atoms with Crippen LogP contribution in [0.4, 0.5) is 5.82 Å². The maximum absolute atomic E-state index is 10.6. The minimum atomic E-state index is -1.17. The zero-order chi connectivity index (χ0) is 11.4. The largest absolute Gasteiger partial charge is 0.478 e. The third-order valence-corrected chi connectivity index (χ3v) is 1.89. The van der Waals surface area contributed by atoms with Gasteiger partial charge in [-0.05, 0) is 28.1 Å². The molecule has 0 aliphatic heterocycles. The molecule has 0 spiro atoms. The molecule has 0 saturated heterocycles. The summed E-state index contributed by atoms with van der Waals surface area (Å²) in [7, 11) is 0. The molecule has 0 atom stereocenters. The van der Waals surface area contributed by atoms with E-state index in [1.807, 2.05) is 0 Å². The summed E-state index contributed by atoms with van der Waals surface area (Å²) >= 11 is 2.99. The van der Waals surface area contributed by atoms with Gasteiger partial charge in [-0.25, -0.2) is 4.79 Å². The molecule has 0 fully saturated rings. The van der Waals surface area contributed by atoms with Crippen LogP contribution in [0.1, 0.15) is 5.56 Å². The Labute approximate surface area is 92.5 Å². The van der Waals surface area contributed by atoms with E-state index in [1.54, 1.807) is 0 Å². The highest BCUT2D eigenvalue weighted by Crippen LogP contribution is 2.20. The van der Waals surface area contributed by atoms with Crippen LogP contribution < -0.4 is 0 Å². The first-order valence-corrected chi connectivity index (χ1v) is 4.52. The number of carboxylic acid groups (broad SMARTS) is 1. The minimum absolute atomic E-state index is 0.144. The molecule has 1 N–H and O–H groups in total. The standard InChI is InChI=1S/C8H5BrN2O4/c9-6-3-1-5(2-4-7(12)13)8(10-6)11(14)15/h1-4H,(H,12,13)/b4-2+. The number of rotatable bonds is 3. The summed E-state index contributed by atoms with van der Waals surface area (Å²) in [4.78, 5) is 23.7. The number of carboxylic acids is 1. The van der Waals surface area contributed by atoms with Crippen molar-refractivity contribution >= 4 is 33.8 Å². The first-order valence-electron chi connectivity index (χ1n) is 3.72. The van der Waals surface area contributed by atoms with Gasteiger partial charge < -0.3 is 15.2 Å².